The largest absolute Gasteiger partial charge is 0.350 e. The highest BCUT2D eigenvalue weighted by Crippen LogP contribution is 2.25. The molecule has 3 aromatic rings. The predicted molar refractivity (Wildman–Crippen MR) is 97.8 cm³/mol. The average molecular weight is 321 g/mol. The van der Waals surface area contributed by atoms with E-state index in [1.165, 1.54) is 5.56 Å². The van der Waals surface area contributed by atoms with Crippen LogP contribution in [0.25, 0.3) is 22.4 Å². The quantitative estimate of drug-likeness (QED) is 0.794. The number of hydrogen-bond acceptors (Lipinski definition) is 2. The van der Waals surface area contributed by atoms with Crippen molar-refractivity contribution in [1.29, 1.82) is 0 Å². The maximum Gasteiger partial charge on any atom is 0.240 e. The van der Waals surface area contributed by atoms with Crippen LogP contribution < -0.4 is 5.32 Å². The molecule has 2 aromatic carbocycles. The minimum absolute atomic E-state index is 0.0148. The van der Waals surface area contributed by atoms with E-state index in [9.17, 15) is 4.79 Å². The third kappa shape index (κ3) is 3.48. The van der Waals surface area contributed by atoms with Crippen molar-refractivity contribution in [3.63, 3.8) is 0 Å². The van der Waals surface area contributed by atoms with Crippen LogP contribution in [0.1, 0.15) is 26.3 Å². The number of carbonyl (C=O) groups is 1. The van der Waals surface area contributed by atoms with Crippen molar-refractivity contribution >= 4 is 16.9 Å². The van der Waals surface area contributed by atoms with Crippen molar-refractivity contribution < 1.29 is 4.79 Å². The Bertz CT molecular complexity index is 870. The molecule has 1 aromatic heterocycles. The number of imidazole rings is 1. The Labute approximate surface area is 142 Å². The van der Waals surface area contributed by atoms with E-state index in [0.717, 1.165) is 22.4 Å². The number of fused-ring (bicyclic) bond motifs is 1. The van der Waals surface area contributed by atoms with E-state index in [2.05, 4.69) is 36.5 Å². The standard InChI is InChI=1S/C20H23N3O/c1-14-9-11-15(12-10-14)19-21-16-7-5-6-8-17(16)23(19)13-18(24)22-20(2,3)4/h5-12H,13H2,1-4H3,(H,22,24). The highest BCUT2D eigenvalue weighted by molar-refractivity contribution is 5.84. The minimum Gasteiger partial charge on any atom is -0.350 e. The van der Waals surface area contributed by atoms with Crippen molar-refractivity contribution in [2.45, 2.75) is 39.8 Å². The second-order valence-corrected chi connectivity index (χ2v) is 7.17. The molecule has 0 atom stereocenters. The summed E-state index contributed by atoms with van der Waals surface area (Å²) in [5, 5.41) is 3.02. The van der Waals surface area contributed by atoms with Crippen LogP contribution in [-0.2, 0) is 11.3 Å². The first kappa shape index (κ1) is 16.2. The molecule has 1 heterocycles. The fraction of sp³-hybridized carbons (Fsp3) is 0.300. The van der Waals surface area contributed by atoms with Crippen LogP contribution in [0.3, 0.4) is 0 Å². The monoisotopic (exact) mass is 321 g/mol. The lowest BCUT2D eigenvalue weighted by Gasteiger charge is -2.21. The van der Waals surface area contributed by atoms with Gasteiger partial charge in [-0.25, -0.2) is 4.98 Å². The molecule has 3 rings (SSSR count). The molecule has 0 fully saturated rings. The van der Waals surface area contributed by atoms with Crippen LogP contribution in [0.5, 0.6) is 0 Å². The van der Waals surface area contributed by atoms with Crippen molar-refractivity contribution in [2.24, 2.45) is 0 Å². The van der Waals surface area contributed by atoms with Gasteiger partial charge in [-0.1, -0.05) is 42.0 Å². The molecule has 0 aliphatic carbocycles. The molecule has 4 nitrogen and oxygen atoms in total. The Kier molecular flexibility index (Phi) is 4.14. The van der Waals surface area contributed by atoms with E-state index in [0.29, 0.717) is 0 Å². The Morgan fingerprint density at radius 1 is 1.08 bits per heavy atom. The Morgan fingerprint density at radius 2 is 1.75 bits per heavy atom. The molecule has 1 amide bonds. The van der Waals surface area contributed by atoms with Crippen LogP contribution >= 0.6 is 0 Å². The summed E-state index contributed by atoms with van der Waals surface area (Å²) in [6.07, 6.45) is 0. The molecule has 0 saturated carbocycles. The minimum atomic E-state index is -0.252. The first-order chi connectivity index (χ1) is 11.3. The first-order valence-corrected chi connectivity index (χ1v) is 8.17. The molecule has 0 spiro atoms. The molecule has 0 bridgehead atoms. The first-order valence-electron chi connectivity index (χ1n) is 8.17. The van der Waals surface area contributed by atoms with Gasteiger partial charge in [-0.05, 0) is 39.8 Å². The van der Waals surface area contributed by atoms with Gasteiger partial charge in [0.05, 0.1) is 11.0 Å². The summed E-state index contributed by atoms with van der Waals surface area (Å²) in [6, 6.07) is 16.1. The van der Waals surface area contributed by atoms with Gasteiger partial charge in [-0.3, -0.25) is 4.79 Å². The molecular weight excluding hydrogens is 298 g/mol. The number of hydrogen-bond donors (Lipinski definition) is 1. The molecule has 0 aliphatic heterocycles. The summed E-state index contributed by atoms with van der Waals surface area (Å²) < 4.78 is 1.99. The average Bonchev–Trinajstić information content (AvgIpc) is 2.85. The lowest BCUT2D eigenvalue weighted by Crippen LogP contribution is -2.42. The van der Waals surface area contributed by atoms with Crippen LogP contribution in [0, 0.1) is 6.92 Å². The van der Waals surface area contributed by atoms with Crippen molar-refractivity contribution in [3.8, 4) is 11.4 Å². The van der Waals surface area contributed by atoms with Gasteiger partial charge in [0, 0.05) is 11.1 Å². The number of aryl methyl sites for hydroxylation is 1. The van der Waals surface area contributed by atoms with E-state index in [4.69, 9.17) is 4.98 Å². The molecule has 0 saturated heterocycles. The highest BCUT2D eigenvalue weighted by atomic mass is 16.2. The number of rotatable bonds is 3. The number of aromatic nitrogens is 2. The summed E-state index contributed by atoms with van der Waals surface area (Å²) in [6.45, 7) is 8.26. The second kappa shape index (κ2) is 6.11. The van der Waals surface area contributed by atoms with Crippen LogP contribution in [0.2, 0.25) is 0 Å². The van der Waals surface area contributed by atoms with Crippen molar-refractivity contribution in [2.75, 3.05) is 0 Å². The second-order valence-electron chi connectivity index (χ2n) is 7.17. The van der Waals surface area contributed by atoms with Gasteiger partial charge in [-0.15, -0.1) is 0 Å². The van der Waals surface area contributed by atoms with E-state index in [1.54, 1.807) is 0 Å². The number of nitrogens with zero attached hydrogens (tertiary/aromatic N) is 2. The third-order valence-electron chi connectivity index (χ3n) is 3.78. The zero-order valence-electron chi connectivity index (χ0n) is 14.6. The van der Waals surface area contributed by atoms with Gasteiger partial charge < -0.3 is 9.88 Å². The van der Waals surface area contributed by atoms with Crippen LogP contribution in [0.4, 0.5) is 0 Å². The maximum atomic E-state index is 12.4. The third-order valence-corrected chi connectivity index (χ3v) is 3.78. The summed E-state index contributed by atoms with van der Waals surface area (Å²) in [4.78, 5) is 17.2. The lowest BCUT2D eigenvalue weighted by molar-refractivity contribution is -0.123. The molecule has 0 unspecified atom stereocenters. The normalized spacial score (nSPS) is 11.7. The Morgan fingerprint density at radius 3 is 2.42 bits per heavy atom. The van der Waals surface area contributed by atoms with Crippen LogP contribution in [-0.4, -0.2) is 21.0 Å². The number of amides is 1. The maximum absolute atomic E-state index is 12.4. The molecule has 24 heavy (non-hydrogen) atoms. The topological polar surface area (TPSA) is 46.9 Å². The van der Waals surface area contributed by atoms with Gasteiger partial charge >= 0.3 is 0 Å². The van der Waals surface area contributed by atoms with E-state index < -0.39 is 0 Å². The smallest absolute Gasteiger partial charge is 0.240 e. The molecule has 1 N–H and O–H groups in total. The van der Waals surface area contributed by atoms with Gasteiger partial charge in [-0.2, -0.15) is 0 Å². The SMILES string of the molecule is Cc1ccc(-c2nc3ccccc3n2CC(=O)NC(C)(C)C)cc1. The number of benzene rings is 2. The molecule has 0 aliphatic rings. The van der Waals surface area contributed by atoms with Gasteiger partial charge in [0.25, 0.3) is 0 Å². The number of carbonyl (C=O) groups excluding carboxylic acids is 1. The summed E-state index contributed by atoms with van der Waals surface area (Å²) >= 11 is 0. The van der Waals surface area contributed by atoms with Gasteiger partial charge in [0.1, 0.15) is 12.4 Å². The fourth-order valence-corrected chi connectivity index (χ4v) is 2.76. The zero-order chi connectivity index (χ0) is 17.3. The lowest BCUT2D eigenvalue weighted by atomic mass is 10.1. The van der Waals surface area contributed by atoms with Gasteiger partial charge in [0.2, 0.25) is 5.91 Å². The molecule has 4 heteroatoms. The Balaban J connectivity index is 2.05. The molecule has 124 valence electrons. The van der Waals surface area contributed by atoms with E-state index >= 15 is 0 Å². The van der Waals surface area contributed by atoms with Gasteiger partial charge in [0.15, 0.2) is 0 Å². The highest BCUT2D eigenvalue weighted by Gasteiger charge is 2.18. The van der Waals surface area contributed by atoms with Crippen molar-refractivity contribution in [1.82, 2.24) is 14.9 Å². The number of nitrogens with one attached hydrogen (secondary N) is 1. The van der Waals surface area contributed by atoms with E-state index in [1.807, 2.05) is 49.6 Å². The summed E-state index contributed by atoms with van der Waals surface area (Å²) in [5.41, 5.74) is 3.83. The van der Waals surface area contributed by atoms with E-state index in [-0.39, 0.29) is 18.0 Å². The summed E-state index contributed by atoms with van der Waals surface area (Å²) in [7, 11) is 0. The molecular formula is C20H23N3O. The predicted octanol–water partition coefficient (Wildman–Crippen LogP) is 3.93. The fourth-order valence-electron chi connectivity index (χ4n) is 2.76. The molecule has 0 radical (unpaired) electrons. The Hall–Kier alpha value is -2.62. The zero-order valence-corrected chi connectivity index (χ0v) is 14.6. The number of para-hydroxylation sites is 2. The van der Waals surface area contributed by atoms with Crippen molar-refractivity contribution in [3.05, 3.63) is 54.1 Å². The summed E-state index contributed by atoms with van der Waals surface area (Å²) in [5.74, 6) is 0.805. The van der Waals surface area contributed by atoms with Crippen LogP contribution in [0.15, 0.2) is 48.5 Å².